The summed E-state index contributed by atoms with van der Waals surface area (Å²) < 4.78 is 5.32. The molecule has 2 atom stereocenters. The molecule has 0 radical (unpaired) electrons. The quantitative estimate of drug-likeness (QED) is 0.793. The van der Waals surface area contributed by atoms with E-state index in [1.165, 1.54) is 0 Å². The summed E-state index contributed by atoms with van der Waals surface area (Å²) in [6, 6.07) is 7.58. The van der Waals surface area contributed by atoms with Gasteiger partial charge in [-0.05, 0) is 24.5 Å². The van der Waals surface area contributed by atoms with Crippen LogP contribution in [0.1, 0.15) is 32.1 Å². The van der Waals surface area contributed by atoms with Gasteiger partial charge in [-0.25, -0.2) is 9.78 Å². The number of benzene rings is 1. The Kier molecular flexibility index (Phi) is 4.81. The number of nitrogens with one attached hydrogen (secondary N) is 3. The van der Waals surface area contributed by atoms with Crippen molar-refractivity contribution in [3.8, 4) is 0 Å². The standard InChI is InChI=1S/C17H24N4O2/c1-11(2)15(16-19-13-5-3-4-6-14(13)20-16)21-17(22)18-9-12-7-8-23-10-12/h3-6,11-12,15H,7-10H2,1-2H3,(H,19,20)(H2,18,21,22)/t12-,15+/m1/s1. The van der Waals surface area contributed by atoms with E-state index in [1.807, 2.05) is 24.3 Å². The molecule has 1 fully saturated rings. The highest BCUT2D eigenvalue weighted by Crippen LogP contribution is 2.22. The van der Waals surface area contributed by atoms with Crippen molar-refractivity contribution in [2.75, 3.05) is 19.8 Å². The molecule has 1 aliphatic rings. The van der Waals surface area contributed by atoms with Crippen LogP contribution in [0, 0.1) is 11.8 Å². The molecule has 124 valence electrons. The number of hydrogen-bond acceptors (Lipinski definition) is 3. The van der Waals surface area contributed by atoms with Crippen molar-refractivity contribution in [1.29, 1.82) is 0 Å². The zero-order valence-electron chi connectivity index (χ0n) is 13.6. The van der Waals surface area contributed by atoms with E-state index in [4.69, 9.17) is 4.74 Å². The number of amides is 2. The molecule has 2 amide bonds. The van der Waals surface area contributed by atoms with E-state index in [2.05, 4.69) is 34.4 Å². The molecular formula is C17H24N4O2. The lowest BCUT2D eigenvalue weighted by atomic mass is 10.0. The van der Waals surface area contributed by atoms with Crippen molar-refractivity contribution in [1.82, 2.24) is 20.6 Å². The predicted molar refractivity (Wildman–Crippen MR) is 89.1 cm³/mol. The minimum Gasteiger partial charge on any atom is -0.381 e. The average Bonchev–Trinajstić information content (AvgIpc) is 3.19. The zero-order valence-corrected chi connectivity index (χ0v) is 13.6. The minimum atomic E-state index is -0.156. The molecule has 0 aliphatic carbocycles. The second kappa shape index (κ2) is 7.00. The number of hydrogen-bond donors (Lipinski definition) is 3. The Bertz CT molecular complexity index is 628. The molecule has 3 N–H and O–H groups in total. The fraction of sp³-hybridized carbons (Fsp3) is 0.529. The number of ether oxygens (including phenoxy) is 1. The van der Waals surface area contributed by atoms with Gasteiger partial charge >= 0.3 is 6.03 Å². The van der Waals surface area contributed by atoms with Gasteiger partial charge in [-0.1, -0.05) is 26.0 Å². The fourth-order valence-electron chi connectivity index (χ4n) is 2.84. The number of carbonyl (C=O) groups excluding carboxylic acids is 1. The summed E-state index contributed by atoms with van der Waals surface area (Å²) in [7, 11) is 0. The van der Waals surface area contributed by atoms with Crippen LogP contribution in [0.4, 0.5) is 4.79 Å². The summed E-state index contributed by atoms with van der Waals surface area (Å²) in [5.41, 5.74) is 1.90. The number of fused-ring (bicyclic) bond motifs is 1. The van der Waals surface area contributed by atoms with Gasteiger partial charge in [-0.2, -0.15) is 0 Å². The third-order valence-corrected chi connectivity index (χ3v) is 4.23. The van der Waals surface area contributed by atoms with Crippen LogP contribution < -0.4 is 10.6 Å². The molecule has 1 saturated heterocycles. The van der Waals surface area contributed by atoms with E-state index in [-0.39, 0.29) is 18.0 Å². The molecule has 3 rings (SSSR count). The second-order valence-corrected chi connectivity index (χ2v) is 6.44. The Balaban J connectivity index is 1.64. The summed E-state index contributed by atoms with van der Waals surface area (Å²) in [6.07, 6.45) is 1.01. The molecular weight excluding hydrogens is 292 g/mol. The molecule has 0 saturated carbocycles. The van der Waals surface area contributed by atoms with E-state index in [0.717, 1.165) is 36.5 Å². The topological polar surface area (TPSA) is 79.0 Å². The molecule has 1 aliphatic heterocycles. The van der Waals surface area contributed by atoms with E-state index in [0.29, 0.717) is 12.5 Å². The Morgan fingerprint density at radius 2 is 2.26 bits per heavy atom. The summed E-state index contributed by atoms with van der Waals surface area (Å²) in [5.74, 6) is 1.45. The maximum atomic E-state index is 12.2. The van der Waals surface area contributed by atoms with Gasteiger partial charge in [0, 0.05) is 19.1 Å². The number of aromatic amines is 1. The Hall–Kier alpha value is -2.08. The highest BCUT2D eigenvalue weighted by Gasteiger charge is 2.22. The van der Waals surface area contributed by atoms with Gasteiger partial charge < -0.3 is 20.4 Å². The smallest absolute Gasteiger partial charge is 0.315 e. The van der Waals surface area contributed by atoms with Crippen molar-refractivity contribution in [3.63, 3.8) is 0 Å². The maximum absolute atomic E-state index is 12.2. The number of H-pyrrole nitrogens is 1. The lowest BCUT2D eigenvalue weighted by Crippen LogP contribution is -2.42. The number of nitrogens with zero attached hydrogens (tertiary/aromatic N) is 1. The first-order valence-electron chi connectivity index (χ1n) is 8.20. The summed E-state index contributed by atoms with van der Waals surface area (Å²) in [4.78, 5) is 20.1. The largest absolute Gasteiger partial charge is 0.381 e. The van der Waals surface area contributed by atoms with Gasteiger partial charge in [0.15, 0.2) is 0 Å². The van der Waals surface area contributed by atoms with Gasteiger partial charge in [0.25, 0.3) is 0 Å². The monoisotopic (exact) mass is 316 g/mol. The van der Waals surface area contributed by atoms with Crippen molar-refractivity contribution in [2.24, 2.45) is 11.8 Å². The molecule has 1 aromatic heterocycles. The zero-order chi connectivity index (χ0) is 16.2. The van der Waals surface area contributed by atoms with E-state index in [9.17, 15) is 4.79 Å². The molecule has 0 spiro atoms. The van der Waals surface area contributed by atoms with Gasteiger partial charge in [0.1, 0.15) is 5.82 Å². The van der Waals surface area contributed by atoms with Gasteiger partial charge in [0.05, 0.1) is 23.7 Å². The van der Waals surface area contributed by atoms with Gasteiger partial charge in [-0.3, -0.25) is 0 Å². The third-order valence-electron chi connectivity index (χ3n) is 4.23. The van der Waals surface area contributed by atoms with Gasteiger partial charge in [-0.15, -0.1) is 0 Å². The first-order chi connectivity index (χ1) is 11.1. The van der Waals surface area contributed by atoms with Crippen molar-refractivity contribution < 1.29 is 9.53 Å². The van der Waals surface area contributed by atoms with Crippen LogP contribution in [0.25, 0.3) is 11.0 Å². The molecule has 1 aromatic carbocycles. The molecule has 6 nitrogen and oxygen atoms in total. The Morgan fingerprint density at radius 1 is 1.43 bits per heavy atom. The van der Waals surface area contributed by atoms with Crippen LogP contribution in [0.15, 0.2) is 24.3 Å². The van der Waals surface area contributed by atoms with Crippen molar-refractivity contribution >= 4 is 17.1 Å². The number of para-hydroxylation sites is 2. The highest BCUT2D eigenvalue weighted by molar-refractivity contribution is 5.76. The average molecular weight is 316 g/mol. The number of aromatic nitrogens is 2. The third kappa shape index (κ3) is 3.82. The normalized spacial score (nSPS) is 19.2. The lowest BCUT2D eigenvalue weighted by molar-refractivity contribution is 0.184. The lowest BCUT2D eigenvalue weighted by Gasteiger charge is -2.21. The van der Waals surface area contributed by atoms with Crippen LogP contribution >= 0.6 is 0 Å². The van der Waals surface area contributed by atoms with E-state index >= 15 is 0 Å². The fourth-order valence-corrected chi connectivity index (χ4v) is 2.84. The minimum absolute atomic E-state index is 0.151. The van der Waals surface area contributed by atoms with E-state index in [1.54, 1.807) is 0 Å². The summed E-state index contributed by atoms with van der Waals surface area (Å²) in [5, 5.41) is 5.97. The molecule has 0 unspecified atom stereocenters. The number of imidazole rings is 1. The van der Waals surface area contributed by atoms with Crippen LogP contribution in [0.2, 0.25) is 0 Å². The van der Waals surface area contributed by atoms with Crippen LogP contribution in [-0.4, -0.2) is 35.8 Å². The van der Waals surface area contributed by atoms with Crippen LogP contribution in [0.5, 0.6) is 0 Å². The number of rotatable bonds is 5. The molecule has 6 heteroatoms. The second-order valence-electron chi connectivity index (χ2n) is 6.44. The Morgan fingerprint density at radius 3 is 2.96 bits per heavy atom. The Labute approximate surface area is 136 Å². The van der Waals surface area contributed by atoms with Gasteiger partial charge in [0.2, 0.25) is 0 Å². The molecule has 0 bridgehead atoms. The molecule has 2 heterocycles. The van der Waals surface area contributed by atoms with Crippen molar-refractivity contribution in [2.45, 2.75) is 26.3 Å². The summed E-state index contributed by atoms with van der Waals surface area (Å²) in [6.45, 7) is 6.32. The number of urea groups is 1. The predicted octanol–water partition coefficient (Wildman–Crippen LogP) is 2.60. The summed E-state index contributed by atoms with van der Waals surface area (Å²) >= 11 is 0. The van der Waals surface area contributed by atoms with Crippen molar-refractivity contribution in [3.05, 3.63) is 30.1 Å². The SMILES string of the molecule is CC(C)[C@H](NC(=O)NC[C@H]1CCOC1)c1nc2ccccc2[nH]1. The van der Waals surface area contributed by atoms with Crippen LogP contribution in [-0.2, 0) is 4.74 Å². The maximum Gasteiger partial charge on any atom is 0.315 e. The molecule has 2 aromatic rings. The first kappa shape index (κ1) is 15.8. The molecule has 23 heavy (non-hydrogen) atoms. The first-order valence-corrected chi connectivity index (χ1v) is 8.20. The highest BCUT2D eigenvalue weighted by atomic mass is 16.5. The number of carbonyl (C=O) groups is 1. The van der Waals surface area contributed by atoms with Crippen LogP contribution in [0.3, 0.4) is 0 Å². The van der Waals surface area contributed by atoms with E-state index < -0.39 is 0 Å².